The largest absolute Gasteiger partial charge is 0.497 e. The second-order valence-electron chi connectivity index (χ2n) is 5.91. The Morgan fingerprint density at radius 1 is 1.27 bits per heavy atom. The van der Waals surface area contributed by atoms with E-state index < -0.39 is 15.6 Å². The lowest BCUT2D eigenvalue weighted by atomic mass is 9.83. The fraction of sp³-hybridized carbons (Fsp3) is 0.533. The van der Waals surface area contributed by atoms with Gasteiger partial charge in [-0.25, -0.2) is 12.7 Å². The second-order valence-corrected chi connectivity index (χ2v) is 7.89. The Morgan fingerprint density at radius 2 is 1.95 bits per heavy atom. The Bertz CT molecular complexity index is 705. The minimum Gasteiger partial charge on any atom is -0.497 e. The second kappa shape index (κ2) is 5.24. The molecule has 0 radical (unpaired) electrons. The van der Waals surface area contributed by atoms with Crippen LogP contribution in [0.15, 0.2) is 18.2 Å². The van der Waals surface area contributed by atoms with Crippen molar-refractivity contribution < 1.29 is 22.7 Å². The highest BCUT2D eigenvalue weighted by Gasteiger charge is 2.44. The molecule has 120 valence electrons. The standard InChI is InChI=1S/C15H19NO5S/c1-20-11-3-4-12-13(17)10-15(21-14(12)9-11)5-7-16(8-6-15)22(2,18)19/h3-4,9H,5-8,10H2,1-2H3. The van der Waals surface area contributed by atoms with Crippen LogP contribution in [0.3, 0.4) is 0 Å². The number of methoxy groups -OCH3 is 1. The van der Waals surface area contributed by atoms with Crippen molar-refractivity contribution in [2.75, 3.05) is 26.5 Å². The molecule has 3 rings (SSSR count). The van der Waals surface area contributed by atoms with Crippen molar-refractivity contribution in [3.63, 3.8) is 0 Å². The van der Waals surface area contributed by atoms with Crippen LogP contribution in [0.25, 0.3) is 0 Å². The third-order valence-corrected chi connectivity index (χ3v) is 5.70. The summed E-state index contributed by atoms with van der Waals surface area (Å²) in [7, 11) is -1.63. The van der Waals surface area contributed by atoms with E-state index in [9.17, 15) is 13.2 Å². The van der Waals surface area contributed by atoms with E-state index >= 15 is 0 Å². The number of ether oxygens (including phenoxy) is 2. The summed E-state index contributed by atoms with van der Waals surface area (Å²) in [6, 6.07) is 5.18. The predicted octanol–water partition coefficient (Wildman–Crippen LogP) is 1.45. The van der Waals surface area contributed by atoms with Gasteiger partial charge in [0, 0.05) is 32.0 Å². The van der Waals surface area contributed by atoms with Gasteiger partial charge in [0.1, 0.15) is 17.1 Å². The number of fused-ring (bicyclic) bond motifs is 1. The average Bonchev–Trinajstić information content (AvgIpc) is 2.46. The first kappa shape index (κ1) is 15.3. The third-order valence-electron chi connectivity index (χ3n) is 4.40. The summed E-state index contributed by atoms with van der Waals surface area (Å²) >= 11 is 0. The fourth-order valence-electron chi connectivity index (χ4n) is 3.11. The highest BCUT2D eigenvalue weighted by molar-refractivity contribution is 7.88. The number of carbonyl (C=O) groups excluding carboxylic acids is 1. The molecule has 0 aromatic heterocycles. The molecule has 1 aromatic rings. The number of ketones is 1. The zero-order valence-corrected chi connectivity index (χ0v) is 13.5. The van der Waals surface area contributed by atoms with Crippen molar-refractivity contribution in [3.05, 3.63) is 23.8 Å². The smallest absolute Gasteiger partial charge is 0.211 e. The van der Waals surface area contributed by atoms with E-state index in [1.807, 2.05) is 0 Å². The van der Waals surface area contributed by atoms with E-state index in [-0.39, 0.29) is 5.78 Å². The molecule has 0 N–H and O–H groups in total. The van der Waals surface area contributed by atoms with Crippen molar-refractivity contribution in [1.82, 2.24) is 4.31 Å². The number of Topliss-reactive ketones (excluding diaryl/α,β-unsaturated/α-hetero) is 1. The summed E-state index contributed by atoms with van der Waals surface area (Å²) in [6.45, 7) is 0.761. The van der Waals surface area contributed by atoms with E-state index in [1.165, 1.54) is 10.6 Å². The van der Waals surface area contributed by atoms with E-state index in [0.717, 1.165) is 0 Å². The molecule has 7 heteroatoms. The van der Waals surface area contributed by atoms with Crippen LogP contribution in [0, 0.1) is 0 Å². The molecule has 2 heterocycles. The summed E-state index contributed by atoms with van der Waals surface area (Å²) in [6.07, 6.45) is 2.53. The normalized spacial score (nSPS) is 21.3. The molecule has 6 nitrogen and oxygen atoms in total. The maximum Gasteiger partial charge on any atom is 0.211 e. The Balaban J connectivity index is 1.85. The number of sulfonamides is 1. The van der Waals surface area contributed by atoms with Gasteiger partial charge in [0.05, 0.1) is 25.3 Å². The number of hydrogen-bond donors (Lipinski definition) is 0. The van der Waals surface area contributed by atoms with Crippen LogP contribution in [0.5, 0.6) is 11.5 Å². The van der Waals surface area contributed by atoms with Gasteiger partial charge in [0.25, 0.3) is 0 Å². The molecule has 1 fully saturated rings. The molecule has 2 aliphatic heterocycles. The maximum absolute atomic E-state index is 12.4. The van der Waals surface area contributed by atoms with Gasteiger partial charge in [-0.1, -0.05) is 0 Å². The highest BCUT2D eigenvalue weighted by atomic mass is 32.2. The number of nitrogens with zero attached hydrogens (tertiary/aromatic N) is 1. The Labute approximate surface area is 130 Å². The van der Waals surface area contributed by atoms with Crippen LogP contribution >= 0.6 is 0 Å². The maximum atomic E-state index is 12.4. The van der Waals surface area contributed by atoms with Gasteiger partial charge in [-0.15, -0.1) is 0 Å². The molecule has 0 unspecified atom stereocenters. The van der Waals surface area contributed by atoms with Gasteiger partial charge in [0.2, 0.25) is 10.0 Å². The fourth-order valence-corrected chi connectivity index (χ4v) is 3.95. The molecule has 0 aliphatic carbocycles. The number of benzene rings is 1. The first-order valence-corrected chi connectivity index (χ1v) is 9.03. The molecule has 1 saturated heterocycles. The van der Waals surface area contributed by atoms with Crippen LogP contribution in [0.4, 0.5) is 0 Å². The molecule has 1 spiro atoms. The lowest BCUT2D eigenvalue weighted by Crippen LogP contribution is -2.52. The molecule has 0 saturated carbocycles. The predicted molar refractivity (Wildman–Crippen MR) is 81.0 cm³/mol. The van der Waals surface area contributed by atoms with Gasteiger partial charge >= 0.3 is 0 Å². The SMILES string of the molecule is COc1ccc2c(c1)OC1(CCN(S(C)(=O)=O)CC1)CC2=O. The van der Waals surface area contributed by atoms with Gasteiger partial charge in [-0.05, 0) is 12.1 Å². The lowest BCUT2D eigenvalue weighted by Gasteiger charge is -2.43. The van der Waals surface area contributed by atoms with Crippen LogP contribution in [0.1, 0.15) is 29.6 Å². The molecule has 2 aliphatic rings. The Morgan fingerprint density at radius 3 is 2.55 bits per heavy atom. The van der Waals surface area contributed by atoms with Gasteiger partial charge in [-0.3, -0.25) is 4.79 Å². The Hall–Kier alpha value is -1.60. The third kappa shape index (κ3) is 2.70. The van der Waals surface area contributed by atoms with Crippen molar-refractivity contribution in [3.8, 4) is 11.5 Å². The molecule has 0 amide bonds. The number of hydrogen-bond acceptors (Lipinski definition) is 5. The zero-order chi connectivity index (χ0) is 16.0. The molecule has 0 bridgehead atoms. The van der Waals surface area contributed by atoms with Crippen molar-refractivity contribution >= 4 is 15.8 Å². The van der Waals surface area contributed by atoms with Crippen LogP contribution < -0.4 is 9.47 Å². The van der Waals surface area contributed by atoms with Crippen molar-refractivity contribution in [2.24, 2.45) is 0 Å². The minimum atomic E-state index is -3.19. The summed E-state index contributed by atoms with van der Waals surface area (Å²) in [4.78, 5) is 12.4. The molecular weight excluding hydrogens is 306 g/mol. The quantitative estimate of drug-likeness (QED) is 0.823. The van der Waals surface area contributed by atoms with E-state index in [1.54, 1.807) is 25.3 Å². The van der Waals surface area contributed by atoms with Gasteiger partial charge in [-0.2, -0.15) is 0 Å². The van der Waals surface area contributed by atoms with Gasteiger partial charge < -0.3 is 9.47 Å². The molecule has 1 aromatic carbocycles. The summed E-state index contributed by atoms with van der Waals surface area (Å²) in [5.74, 6) is 1.21. The van der Waals surface area contributed by atoms with Crippen LogP contribution in [-0.2, 0) is 10.0 Å². The lowest BCUT2D eigenvalue weighted by molar-refractivity contribution is 0.00588. The van der Waals surface area contributed by atoms with Crippen LogP contribution in [0.2, 0.25) is 0 Å². The van der Waals surface area contributed by atoms with Gasteiger partial charge in [0.15, 0.2) is 5.78 Å². The minimum absolute atomic E-state index is 0.0386. The molecule has 0 atom stereocenters. The van der Waals surface area contributed by atoms with E-state index in [4.69, 9.17) is 9.47 Å². The number of rotatable bonds is 2. The molecular formula is C15H19NO5S. The highest BCUT2D eigenvalue weighted by Crippen LogP contribution is 2.40. The van der Waals surface area contributed by atoms with E-state index in [2.05, 4.69) is 0 Å². The van der Waals surface area contributed by atoms with Crippen molar-refractivity contribution in [2.45, 2.75) is 24.9 Å². The van der Waals surface area contributed by atoms with Crippen molar-refractivity contribution in [1.29, 1.82) is 0 Å². The van der Waals surface area contributed by atoms with Crippen LogP contribution in [-0.4, -0.2) is 50.6 Å². The first-order chi connectivity index (χ1) is 10.3. The monoisotopic (exact) mass is 325 g/mol. The zero-order valence-electron chi connectivity index (χ0n) is 12.7. The average molecular weight is 325 g/mol. The first-order valence-electron chi connectivity index (χ1n) is 7.18. The summed E-state index contributed by atoms with van der Waals surface area (Å²) in [5.41, 5.74) is -0.0329. The summed E-state index contributed by atoms with van der Waals surface area (Å²) in [5, 5.41) is 0. The van der Waals surface area contributed by atoms with E-state index in [0.29, 0.717) is 49.4 Å². The Kier molecular flexibility index (Phi) is 3.65. The summed E-state index contributed by atoms with van der Waals surface area (Å²) < 4.78 is 35.9. The topological polar surface area (TPSA) is 72.9 Å². The number of piperidine rings is 1. The molecule has 22 heavy (non-hydrogen) atoms. The number of carbonyl (C=O) groups is 1.